The molecule has 1 aromatic carbocycles. The summed E-state index contributed by atoms with van der Waals surface area (Å²) in [5.41, 5.74) is 7.23. The largest absolute Gasteiger partial charge is 0.478 e. The van der Waals surface area contributed by atoms with Gasteiger partial charge in [-0.15, -0.1) is 0 Å². The van der Waals surface area contributed by atoms with E-state index >= 15 is 0 Å². The van der Waals surface area contributed by atoms with E-state index < -0.39 is 5.97 Å². The fourth-order valence-corrected chi connectivity index (χ4v) is 3.06. The van der Waals surface area contributed by atoms with Crippen LogP contribution in [0.1, 0.15) is 49.0 Å². The Bertz CT molecular complexity index is 473. The molecule has 1 fully saturated rings. The van der Waals surface area contributed by atoms with Crippen molar-refractivity contribution in [3.05, 3.63) is 29.3 Å². The molecular formula is C15H22N2O2. The lowest BCUT2D eigenvalue weighted by Gasteiger charge is -2.28. The molecule has 2 rings (SSSR count). The Hall–Kier alpha value is -1.55. The summed E-state index contributed by atoms with van der Waals surface area (Å²) in [6, 6.07) is 6.42. The molecule has 2 unspecified atom stereocenters. The molecule has 3 N–H and O–H groups in total. The number of benzene rings is 1. The Morgan fingerprint density at radius 3 is 2.84 bits per heavy atom. The number of rotatable bonds is 4. The van der Waals surface area contributed by atoms with E-state index in [1.807, 2.05) is 12.1 Å². The second-order valence-electron chi connectivity index (χ2n) is 5.35. The molecule has 0 saturated carbocycles. The highest BCUT2D eigenvalue weighted by molar-refractivity contribution is 5.95. The van der Waals surface area contributed by atoms with Gasteiger partial charge in [0.25, 0.3) is 0 Å². The van der Waals surface area contributed by atoms with Crippen LogP contribution >= 0.6 is 0 Å². The molecule has 1 heterocycles. The molecule has 1 aliphatic heterocycles. The quantitative estimate of drug-likeness (QED) is 0.819. The molecule has 0 amide bonds. The second-order valence-corrected chi connectivity index (χ2v) is 5.35. The van der Waals surface area contributed by atoms with Crippen molar-refractivity contribution < 1.29 is 9.90 Å². The molecule has 0 spiro atoms. The molecule has 0 aromatic heterocycles. The highest BCUT2D eigenvalue weighted by Crippen LogP contribution is 2.29. The van der Waals surface area contributed by atoms with E-state index in [1.54, 1.807) is 6.07 Å². The molecule has 1 aliphatic rings. The number of nitrogen functional groups attached to an aromatic ring is 1. The summed E-state index contributed by atoms with van der Waals surface area (Å²) in [7, 11) is 0. The average Bonchev–Trinajstić information content (AvgIpc) is 2.70. The molecule has 1 aromatic rings. The lowest BCUT2D eigenvalue weighted by atomic mass is 10.0. The van der Waals surface area contributed by atoms with Crippen molar-refractivity contribution in [2.75, 3.05) is 5.73 Å². The van der Waals surface area contributed by atoms with Crippen LogP contribution in [0, 0.1) is 0 Å². The summed E-state index contributed by atoms with van der Waals surface area (Å²) in [5.74, 6) is -0.937. The summed E-state index contributed by atoms with van der Waals surface area (Å²) in [6.45, 7) is 5.07. The first-order chi connectivity index (χ1) is 9.04. The van der Waals surface area contributed by atoms with E-state index in [9.17, 15) is 9.90 Å². The Morgan fingerprint density at radius 1 is 1.47 bits per heavy atom. The molecule has 19 heavy (non-hydrogen) atoms. The first kappa shape index (κ1) is 13.9. The van der Waals surface area contributed by atoms with Gasteiger partial charge in [-0.3, -0.25) is 4.90 Å². The van der Waals surface area contributed by atoms with Crippen LogP contribution in [0.2, 0.25) is 0 Å². The van der Waals surface area contributed by atoms with Crippen molar-refractivity contribution in [1.82, 2.24) is 4.90 Å². The molecule has 104 valence electrons. The fraction of sp³-hybridized carbons (Fsp3) is 0.533. The number of carbonyl (C=O) groups is 1. The lowest BCUT2D eigenvalue weighted by molar-refractivity contribution is 0.0694. The zero-order valence-electron chi connectivity index (χ0n) is 11.6. The summed E-state index contributed by atoms with van der Waals surface area (Å²) in [4.78, 5) is 13.8. The summed E-state index contributed by atoms with van der Waals surface area (Å²) >= 11 is 0. The van der Waals surface area contributed by atoms with Gasteiger partial charge in [0, 0.05) is 24.3 Å². The van der Waals surface area contributed by atoms with Crippen LogP contribution in [0.4, 0.5) is 5.69 Å². The number of likely N-dealkylation sites (tertiary alicyclic amines) is 1. The molecule has 0 bridgehead atoms. The third kappa shape index (κ3) is 2.73. The SMILES string of the molecule is CCC1CCC(C)N1Cc1cccc(N)c1C(=O)O. The number of carboxylic acid groups (broad SMARTS) is 1. The second kappa shape index (κ2) is 5.61. The van der Waals surface area contributed by atoms with Crippen LogP contribution in [0.3, 0.4) is 0 Å². The van der Waals surface area contributed by atoms with Gasteiger partial charge in [-0.2, -0.15) is 0 Å². The third-order valence-corrected chi connectivity index (χ3v) is 4.17. The van der Waals surface area contributed by atoms with E-state index in [1.165, 1.54) is 12.8 Å². The Morgan fingerprint density at radius 2 is 2.21 bits per heavy atom. The number of aromatic carboxylic acids is 1. The van der Waals surface area contributed by atoms with Gasteiger partial charge < -0.3 is 10.8 Å². The van der Waals surface area contributed by atoms with Gasteiger partial charge in [0.15, 0.2) is 0 Å². The van der Waals surface area contributed by atoms with E-state index in [-0.39, 0.29) is 5.56 Å². The van der Waals surface area contributed by atoms with Gasteiger partial charge in [0.1, 0.15) is 0 Å². The van der Waals surface area contributed by atoms with Crippen molar-refractivity contribution in [2.45, 2.75) is 51.7 Å². The Labute approximate surface area is 114 Å². The minimum absolute atomic E-state index is 0.261. The number of carboxylic acids is 1. The van der Waals surface area contributed by atoms with Crippen molar-refractivity contribution in [3.8, 4) is 0 Å². The lowest BCUT2D eigenvalue weighted by Crippen LogP contribution is -2.34. The van der Waals surface area contributed by atoms with Crippen LogP contribution in [0.15, 0.2) is 18.2 Å². The molecule has 4 nitrogen and oxygen atoms in total. The summed E-state index contributed by atoms with van der Waals surface area (Å²) in [6.07, 6.45) is 3.49. The molecule has 2 atom stereocenters. The Balaban J connectivity index is 2.28. The number of hydrogen-bond acceptors (Lipinski definition) is 3. The minimum atomic E-state index is -0.937. The van der Waals surface area contributed by atoms with Crippen LogP contribution in [-0.4, -0.2) is 28.1 Å². The molecule has 0 aliphatic carbocycles. The Kier molecular flexibility index (Phi) is 4.10. The monoisotopic (exact) mass is 262 g/mol. The zero-order valence-corrected chi connectivity index (χ0v) is 11.6. The van der Waals surface area contributed by atoms with Crippen LogP contribution < -0.4 is 5.73 Å². The topological polar surface area (TPSA) is 66.6 Å². The van der Waals surface area contributed by atoms with Crippen molar-refractivity contribution in [1.29, 1.82) is 0 Å². The minimum Gasteiger partial charge on any atom is -0.478 e. The standard InChI is InChI=1S/C15H22N2O2/c1-3-12-8-7-10(2)17(12)9-11-5-4-6-13(16)14(11)15(18)19/h4-6,10,12H,3,7-9,16H2,1-2H3,(H,18,19). The van der Waals surface area contributed by atoms with E-state index in [0.29, 0.717) is 24.3 Å². The number of anilines is 1. The molecule has 0 radical (unpaired) electrons. The van der Waals surface area contributed by atoms with Gasteiger partial charge in [0.2, 0.25) is 0 Å². The predicted octanol–water partition coefficient (Wildman–Crippen LogP) is 2.73. The highest BCUT2D eigenvalue weighted by atomic mass is 16.4. The summed E-state index contributed by atoms with van der Waals surface area (Å²) < 4.78 is 0. The van der Waals surface area contributed by atoms with E-state index in [4.69, 9.17) is 5.73 Å². The van der Waals surface area contributed by atoms with Crippen molar-refractivity contribution >= 4 is 11.7 Å². The number of nitrogens with zero attached hydrogens (tertiary/aromatic N) is 1. The normalized spacial score (nSPS) is 23.7. The number of hydrogen-bond donors (Lipinski definition) is 2. The average molecular weight is 262 g/mol. The van der Waals surface area contributed by atoms with Crippen molar-refractivity contribution in [2.24, 2.45) is 0 Å². The smallest absolute Gasteiger partial charge is 0.338 e. The van der Waals surface area contributed by atoms with Crippen LogP contribution in [-0.2, 0) is 6.54 Å². The van der Waals surface area contributed by atoms with E-state index in [0.717, 1.165) is 12.0 Å². The maximum Gasteiger partial charge on any atom is 0.338 e. The predicted molar refractivity (Wildman–Crippen MR) is 76.1 cm³/mol. The molecular weight excluding hydrogens is 240 g/mol. The van der Waals surface area contributed by atoms with Gasteiger partial charge in [-0.25, -0.2) is 4.79 Å². The van der Waals surface area contributed by atoms with Crippen LogP contribution in [0.25, 0.3) is 0 Å². The van der Waals surface area contributed by atoms with Gasteiger partial charge in [-0.05, 0) is 37.8 Å². The van der Waals surface area contributed by atoms with Gasteiger partial charge >= 0.3 is 5.97 Å². The van der Waals surface area contributed by atoms with E-state index in [2.05, 4.69) is 18.7 Å². The maximum atomic E-state index is 11.4. The first-order valence-electron chi connectivity index (χ1n) is 6.91. The van der Waals surface area contributed by atoms with Gasteiger partial charge in [0.05, 0.1) is 5.56 Å². The molecule has 4 heteroatoms. The maximum absolute atomic E-state index is 11.4. The van der Waals surface area contributed by atoms with Gasteiger partial charge in [-0.1, -0.05) is 19.1 Å². The third-order valence-electron chi connectivity index (χ3n) is 4.17. The summed E-state index contributed by atoms with van der Waals surface area (Å²) in [5, 5.41) is 9.31. The zero-order chi connectivity index (χ0) is 14.0. The first-order valence-corrected chi connectivity index (χ1v) is 6.91. The fourth-order valence-electron chi connectivity index (χ4n) is 3.06. The number of nitrogens with two attached hydrogens (primary N) is 1. The van der Waals surface area contributed by atoms with Crippen LogP contribution in [0.5, 0.6) is 0 Å². The van der Waals surface area contributed by atoms with Crippen molar-refractivity contribution in [3.63, 3.8) is 0 Å². The highest BCUT2D eigenvalue weighted by Gasteiger charge is 2.30. The molecule has 1 saturated heterocycles.